The molecule has 0 amide bonds. The summed E-state index contributed by atoms with van der Waals surface area (Å²) in [5.74, 6) is 1.73. The number of rotatable bonds is 2. The van der Waals surface area contributed by atoms with Crippen molar-refractivity contribution in [3.8, 4) is 5.75 Å². The minimum atomic E-state index is -0.0998. The molecule has 0 aromatic heterocycles. The number of allylic oxidation sites excluding steroid dienone is 2. The van der Waals surface area contributed by atoms with Crippen molar-refractivity contribution in [3.63, 3.8) is 0 Å². The highest BCUT2D eigenvalue weighted by Gasteiger charge is 2.27. The Balaban J connectivity index is 2.08. The van der Waals surface area contributed by atoms with Crippen molar-refractivity contribution in [1.29, 1.82) is 0 Å². The fourth-order valence-corrected chi connectivity index (χ4v) is 3.68. The summed E-state index contributed by atoms with van der Waals surface area (Å²) < 4.78 is 5.28. The fourth-order valence-electron chi connectivity index (χ4n) is 2.86. The summed E-state index contributed by atoms with van der Waals surface area (Å²) in [5.41, 5.74) is 5.01. The number of methoxy groups -OCH3 is 1. The van der Waals surface area contributed by atoms with Gasteiger partial charge in [-0.15, -0.1) is 11.8 Å². The van der Waals surface area contributed by atoms with E-state index in [-0.39, 0.29) is 5.92 Å². The standard InChI is InChI=1S/C16H16O2S/c1-18-13-4-2-11-3-5-14(12-6-7-19-10-12)16(9-17)15(11)8-13/h2,4,6-9,16H,3,5,10H2,1H3. The summed E-state index contributed by atoms with van der Waals surface area (Å²) in [7, 11) is 1.66. The first kappa shape index (κ1) is 12.5. The van der Waals surface area contributed by atoms with Gasteiger partial charge < -0.3 is 9.53 Å². The lowest BCUT2D eigenvalue weighted by molar-refractivity contribution is -0.108. The van der Waals surface area contributed by atoms with Crippen LogP contribution in [0.5, 0.6) is 5.75 Å². The largest absolute Gasteiger partial charge is 0.497 e. The van der Waals surface area contributed by atoms with E-state index in [1.54, 1.807) is 18.9 Å². The summed E-state index contributed by atoms with van der Waals surface area (Å²) in [5, 5.41) is 2.12. The number of aryl methyl sites for hydroxylation is 1. The molecule has 1 atom stereocenters. The van der Waals surface area contributed by atoms with Crippen molar-refractivity contribution < 1.29 is 9.53 Å². The van der Waals surface area contributed by atoms with Crippen molar-refractivity contribution in [2.75, 3.05) is 12.9 Å². The van der Waals surface area contributed by atoms with Gasteiger partial charge in [-0.25, -0.2) is 0 Å². The molecule has 1 aromatic rings. The van der Waals surface area contributed by atoms with E-state index in [1.807, 2.05) is 12.1 Å². The van der Waals surface area contributed by atoms with Crippen LogP contribution in [0.1, 0.15) is 23.5 Å². The monoisotopic (exact) mass is 272 g/mol. The molecule has 1 aliphatic carbocycles. The van der Waals surface area contributed by atoms with Crippen LogP contribution in [0.4, 0.5) is 0 Å². The third kappa shape index (κ3) is 2.23. The zero-order valence-electron chi connectivity index (χ0n) is 10.9. The quantitative estimate of drug-likeness (QED) is 0.771. The van der Waals surface area contributed by atoms with Crippen molar-refractivity contribution in [2.24, 2.45) is 0 Å². The zero-order chi connectivity index (χ0) is 13.2. The summed E-state index contributed by atoms with van der Waals surface area (Å²) in [4.78, 5) is 11.6. The van der Waals surface area contributed by atoms with Gasteiger partial charge >= 0.3 is 0 Å². The Bertz CT molecular complexity index is 572. The predicted octanol–water partition coefficient (Wildman–Crippen LogP) is 3.48. The van der Waals surface area contributed by atoms with E-state index in [0.29, 0.717) is 0 Å². The highest BCUT2D eigenvalue weighted by Crippen LogP contribution is 2.40. The SMILES string of the molecule is COc1ccc2c(c1)C(C=O)C(=C1C=CSC1)CC2. The van der Waals surface area contributed by atoms with Gasteiger partial charge in [0.05, 0.1) is 13.0 Å². The molecular formula is C16H16O2S. The van der Waals surface area contributed by atoms with Crippen LogP contribution >= 0.6 is 11.8 Å². The number of carbonyl (C=O) groups excluding carboxylic acids is 1. The molecular weight excluding hydrogens is 256 g/mol. The van der Waals surface area contributed by atoms with Crippen LogP contribution in [0.3, 0.4) is 0 Å². The second-order valence-corrected chi connectivity index (χ2v) is 5.74. The van der Waals surface area contributed by atoms with Crippen LogP contribution in [0.25, 0.3) is 0 Å². The third-order valence-corrected chi connectivity index (χ3v) is 4.69. The van der Waals surface area contributed by atoms with E-state index < -0.39 is 0 Å². The van der Waals surface area contributed by atoms with Crippen LogP contribution in [0.15, 0.2) is 40.8 Å². The second kappa shape index (κ2) is 5.25. The maximum absolute atomic E-state index is 11.6. The smallest absolute Gasteiger partial charge is 0.131 e. The maximum atomic E-state index is 11.6. The first-order valence-corrected chi connectivity index (χ1v) is 7.50. The normalized spacial score (nSPS) is 25.2. The molecule has 0 bridgehead atoms. The maximum Gasteiger partial charge on any atom is 0.131 e. The van der Waals surface area contributed by atoms with Crippen LogP contribution in [-0.4, -0.2) is 19.1 Å². The van der Waals surface area contributed by atoms with Gasteiger partial charge in [-0.3, -0.25) is 0 Å². The van der Waals surface area contributed by atoms with Crippen molar-refractivity contribution in [2.45, 2.75) is 18.8 Å². The summed E-state index contributed by atoms with van der Waals surface area (Å²) in [6.45, 7) is 0. The molecule has 1 unspecified atom stereocenters. The summed E-state index contributed by atoms with van der Waals surface area (Å²) in [6, 6.07) is 6.08. The first-order chi connectivity index (χ1) is 9.33. The van der Waals surface area contributed by atoms with Crippen molar-refractivity contribution in [3.05, 3.63) is 52.0 Å². The lowest BCUT2D eigenvalue weighted by Crippen LogP contribution is -2.16. The summed E-state index contributed by atoms with van der Waals surface area (Å²) in [6.07, 6.45) is 5.24. The predicted molar refractivity (Wildman–Crippen MR) is 78.7 cm³/mol. The first-order valence-electron chi connectivity index (χ1n) is 6.45. The fraction of sp³-hybridized carbons (Fsp3) is 0.312. The topological polar surface area (TPSA) is 26.3 Å². The molecule has 0 saturated heterocycles. The second-order valence-electron chi connectivity index (χ2n) is 4.84. The molecule has 0 N–H and O–H groups in total. The van der Waals surface area contributed by atoms with Gasteiger partial charge in [-0.2, -0.15) is 0 Å². The summed E-state index contributed by atoms with van der Waals surface area (Å²) >= 11 is 1.80. The molecule has 98 valence electrons. The highest BCUT2D eigenvalue weighted by atomic mass is 32.2. The average Bonchev–Trinajstić information content (AvgIpc) is 2.99. The molecule has 0 saturated carbocycles. The molecule has 1 heterocycles. The Morgan fingerprint density at radius 2 is 2.26 bits per heavy atom. The Morgan fingerprint density at radius 1 is 1.37 bits per heavy atom. The number of aldehydes is 1. The Hall–Kier alpha value is -1.48. The van der Waals surface area contributed by atoms with E-state index in [4.69, 9.17) is 4.74 Å². The molecule has 3 heteroatoms. The van der Waals surface area contributed by atoms with Gasteiger partial charge in [-0.05, 0) is 47.1 Å². The molecule has 0 radical (unpaired) electrons. The molecule has 0 spiro atoms. The van der Waals surface area contributed by atoms with Gasteiger partial charge in [0, 0.05) is 5.75 Å². The van der Waals surface area contributed by atoms with E-state index in [1.165, 1.54) is 16.7 Å². The molecule has 1 aromatic carbocycles. The van der Waals surface area contributed by atoms with Crippen LogP contribution in [-0.2, 0) is 11.2 Å². The number of carbonyl (C=O) groups is 1. The Kier molecular flexibility index (Phi) is 3.47. The van der Waals surface area contributed by atoms with Crippen molar-refractivity contribution in [1.82, 2.24) is 0 Å². The molecule has 1 aliphatic heterocycles. The number of hydrogen-bond acceptors (Lipinski definition) is 3. The number of benzene rings is 1. The zero-order valence-corrected chi connectivity index (χ0v) is 11.7. The van der Waals surface area contributed by atoms with E-state index in [0.717, 1.165) is 36.2 Å². The van der Waals surface area contributed by atoms with Crippen molar-refractivity contribution >= 4 is 18.0 Å². The van der Waals surface area contributed by atoms with Crippen LogP contribution in [0.2, 0.25) is 0 Å². The van der Waals surface area contributed by atoms with E-state index in [2.05, 4.69) is 17.6 Å². The minimum absolute atomic E-state index is 0.0998. The molecule has 3 rings (SSSR count). The lowest BCUT2D eigenvalue weighted by atomic mass is 9.78. The van der Waals surface area contributed by atoms with Crippen LogP contribution < -0.4 is 4.74 Å². The minimum Gasteiger partial charge on any atom is -0.497 e. The number of hydrogen-bond donors (Lipinski definition) is 0. The molecule has 2 aliphatic rings. The Morgan fingerprint density at radius 3 is 2.95 bits per heavy atom. The number of ether oxygens (including phenoxy) is 1. The van der Waals surface area contributed by atoms with Gasteiger partial charge in [0.25, 0.3) is 0 Å². The van der Waals surface area contributed by atoms with E-state index >= 15 is 0 Å². The van der Waals surface area contributed by atoms with E-state index in [9.17, 15) is 4.79 Å². The lowest BCUT2D eigenvalue weighted by Gasteiger charge is -2.26. The molecule has 2 nitrogen and oxygen atoms in total. The van der Waals surface area contributed by atoms with Crippen LogP contribution in [0, 0.1) is 0 Å². The van der Waals surface area contributed by atoms with Gasteiger partial charge in [-0.1, -0.05) is 17.7 Å². The number of thioether (sulfide) groups is 1. The third-order valence-electron chi connectivity index (χ3n) is 3.88. The number of fused-ring (bicyclic) bond motifs is 1. The molecule has 0 fully saturated rings. The molecule has 19 heavy (non-hydrogen) atoms. The van der Waals surface area contributed by atoms with Gasteiger partial charge in [0.1, 0.15) is 12.0 Å². The van der Waals surface area contributed by atoms with Gasteiger partial charge in [0.2, 0.25) is 0 Å². The highest BCUT2D eigenvalue weighted by molar-refractivity contribution is 8.02. The average molecular weight is 272 g/mol. The Labute approximate surface area is 117 Å². The van der Waals surface area contributed by atoms with Gasteiger partial charge in [0.15, 0.2) is 0 Å².